The SMILES string of the molecule is C/C=C/C(c1ccc(Cl)cc1)S(=O)(=O)c1ccccc1. The van der Waals surface area contributed by atoms with Gasteiger partial charge in [-0.3, -0.25) is 0 Å². The van der Waals surface area contributed by atoms with Crippen molar-refractivity contribution in [2.24, 2.45) is 0 Å². The molecule has 2 rings (SSSR count). The molecule has 0 aliphatic heterocycles. The summed E-state index contributed by atoms with van der Waals surface area (Å²) >= 11 is 5.86. The van der Waals surface area contributed by atoms with Crippen LogP contribution in [0.25, 0.3) is 0 Å². The van der Waals surface area contributed by atoms with E-state index in [-0.39, 0.29) is 0 Å². The van der Waals surface area contributed by atoms with Crippen LogP contribution in [0, 0.1) is 0 Å². The second-order valence-electron chi connectivity index (χ2n) is 4.36. The van der Waals surface area contributed by atoms with Crippen molar-refractivity contribution in [2.75, 3.05) is 0 Å². The molecule has 1 atom stereocenters. The lowest BCUT2D eigenvalue weighted by Gasteiger charge is -2.15. The molecule has 2 aromatic carbocycles. The van der Waals surface area contributed by atoms with Crippen molar-refractivity contribution < 1.29 is 8.42 Å². The second-order valence-corrected chi connectivity index (χ2v) is 6.86. The highest BCUT2D eigenvalue weighted by molar-refractivity contribution is 7.91. The van der Waals surface area contributed by atoms with Gasteiger partial charge in [0.25, 0.3) is 0 Å². The fourth-order valence-corrected chi connectivity index (χ4v) is 3.81. The van der Waals surface area contributed by atoms with Crippen LogP contribution in [0.5, 0.6) is 0 Å². The van der Waals surface area contributed by atoms with Crippen molar-refractivity contribution >= 4 is 21.4 Å². The van der Waals surface area contributed by atoms with E-state index in [0.29, 0.717) is 15.5 Å². The fourth-order valence-electron chi connectivity index (χ4n) is 1.98. The maximum atomic E-state index is 12.7. The molecule has 0 bridgehead atoms. The molecular weight excluding hydrogens is 292 g/mol. The quantitative estimate of drug-likeness (QED) is 0.783. The van der Waals surface area contributed by atoms with E-state index in [4.69, 9.17) is 11.6 Å². The highest BCUT2D eigenvalue weighted by Crippen LogP contribution is 2.30. The number of halogens is 1. The summed E-state index contributed by atoms with van der Waals surface area (Å²) < 4.78 is 25.4. The molecule has 0 fully saturated rings. The lowest BCUT2D eigenvalue weighted by atomic mass is 10.1. The summed E-state index contributed by atoms with van der Waals surface area (Å²) in [6, 6.07) is 15.4. The predicted octanol–water partition coefficient (Wildman–Crippen LogP) is 4.43. The minimum absolute atomic E-state index is 0.318. The third-order valence-corrected chi connectivity index (χ3v) is 5.25. The lowest BCUT2D eigenvalue weighted by molar-refractivity contribution is 0.590. The number of rotatable bonds is 4. The van der Waals surface area contributed by atoms with Crippen LogP contribution in [0.4, 0.5) is 0 Å². The van der Waals surface area contributed by atoms with Gasteiger partial charge in [-0.15, -0.1) is 0 Å². The molecule has 0 radical (unpaired) electrons. The zero-order valence-electron chi connectivity index (χ0n) is 11.0. The van der Waals surface area contributed by atoms with Gasteiger partial charge in [0, 0.05) is 5.02 Å². The van der Waals surface area contributed by atoms with Gasteiger partial charge in [-0.05, 0) is 36.8 Å². The summed E-state index contributed by atoms with van der Waals surface area (Å²) in [5, 5.41) is -0.114. The molecule has 104 valence electrons. The van der Waals surface area contributed by atoms with E-state index in [2.05, 4.69) is 0 Å². The number of allylic oxidation sites excluding steroid dienone is 1. The average molecular weight is 307 g/mol. The van der Waals surface area contributed by atoms with E-state index in [1.165, 1.54) is 0 Å². The van der Waals surface area contributed by atoms with Gasteiger partial charge in [0.2, 0.25) is 0 Å². The summed E-state index contributed by atoms with van der Waals surface area (Å²) in [4.78, 5) is 0.318. The largest absolute Gasteiger partial charge is 0.223 e. The minimum Gasteiger partial charge on any atom is -0.223 e. The molecule has 0 aliphatic rings. The lowest BCUT2D eigenvalue weighted by Crippen LogP contribution is -2.11. The Labute approximate surface area is 124 Å². The van der Waals surface area contributed by atoms with E-state index in [1.54, 1.807) is 66.7 Å². The van der Waals surface area contributed by atoms with E-state index in [0.717, 1.165) is 0 Å². The van der Waals surface area contributed by atoms with Crippen LogP contribution in [-0.2, 0) is 9.84 Å². The Morgan fingerprint density at radius 1 is 1.00 bits per heavy atom. The van der Waals surface area contributed by atoms with Gasteiger partial charge in [-0.2, -0.15) is 0 Å². The summed E-state index contributed by atoms with van der Waals surface area (Å²) in [6.45, 7) is 1.81. The molecular formula is C16H15ClO2S. The molecule has 0 N–H and O–H groups in total. The molecule has 20 heavy (non-hydrogen) atoms. The van der Waals surface area contributed by atoms with Crippen LogP contribution in [-0.4, -0.2) is 8.42 Å². The van der Waals surface area contributed by atoms with Gasteiger partial charge < -0.3 is 0 Å². The minimum atomic E-state index is -3.46. The summed E-state index contributed by atoms with van der Waals surface area (Å²) in [6.07, 6.45) is 3.44. The van der Waals surface area contributed by atoms with Crippen molar-refractivity contribution in [3.8, 4) is 0 Å². The smallest absolute Gasteiger partial charge is 0.188 e. The molecule has 0 saturated carbocycles. The maximum absolute atomic E-state index is 12.7. The zero-order chi connectivity index (χ0) is 14.6. The molecule has 0 saturated heterocycles. The molecule has 0 heterocycles. The first-order valence-corrected chi connectivity index (χ1v) is 8.15. The third kappa shape index (κ3) is 3.11. The van der Waals surface area contributed by atoms with Crippen molar-refractivity contribution in [2.45, 2.75) is 17.1 Å². The first-order chi connectivity index (χ1) is 9.55. The summed E-state index contributed by atoms with van der Waals surface area (Å²) in [5.74, 6) is 0. The van der Waals surface area contributed by atoms with Crippen molar-refractivity contribution in [1.82, 2.24) is 0 Å². The van der Waals surface area contributed by atoms with Gasteiger partial charge in [-0.25, -0.2) is 8.42 Å². The van der Waals surface area contributed by atoms with E-state index in [1.807, 2.05) is 6.92 Å². The molecule has 0 aliphatic carbocycles. The molecule has 0 spiro atoms. The van der Waals surface area contributed by atoms with Crippen molar-refractivity contribution in [3.05, 3.63) is 77.3 Å². The molecule has 4 heteroatoms. The maximum Gasteiger partial charge on any atom is 0.188 e. The Hall–Kier alpha value is -1.58. The topological polar surface area (TPSA) is 34.1 Å². The average Bonchev–Trinajstić information content (AvgIpc) is 2.47. The standard InChI is InChI=1S/C16H15ClO2S/c1-2-6-16(13-9-11-14(17)12-10-13)20(18,19)15-7-4-3-5-8-15/h2-12,16H,1H3/b6-2+. The van der Waals surface area contributed by atoms with Crippen molar-refractivity contribution in [1.29, 1.82) is 0 Å². The number of sulfone groups is 1. The summed E-state index contributed by atoms with van der Waals surface area (Å²) in [7, 11) is -3.46. The van der Waals surface area contributed by atoms with Crippen LogP contribution >= 0.6 is 11.6 Å². The van der Waals surface area contributed by atoms with Gasteiger partial charge >= 0.3 is 0 Å². The Kier molecular flexibility index (Phi) is 4.63. The van der Waals surface area contributed by atoms with Crippen LogP contribution in [0.3, 0.4) is 0 Å². The Morgan fingerprint density at radius 3 is 2.15 bits per heavy atom. The second kappa shape index (κ2) is 6.25. The fraction of sp³-hybridized carbons (Fsp3) is 0.125. The first kappa shape index (κ1) is 14.8. The van der Waals surface area contributed by atoms with Gasteiger partial charge in [0.15, 0.2) is 9.84 Å². The molecule has 1 unspecified atom stereocenters. The van der Waals surface area contributed by atoms with Gasteiger partial charge in [0.1, 0.15) is 5.25 Å². The Bertz CT molecular complexity index is 689. The zero-order valence-corrected chi connectivity index (χ0v) is 12.6. The monoisotopic (exact) mass is 306 g/mol. The molecule has 0 amide bonds. The Balaban J connectivity index is 2.51. The van der Waals surface area contributed by atoms with Gasteiger partial charge in [0.05, 0.1) is 4.90 Å². The molecule has 2 aromatic rings. The van der Waals surface area contributed by atoms with Gasteiger partial charge in [-0.1, -0.05) is 54.1 Å². The van der Waals surface area contributed by atoms with Crippen molar-refractivity contribution in [3.63, 3.8) is 0 Å². The number of hydrogen-bond donors (Lipinski definition) is 0. The highest BCUT2D eigenvalue weighted by atomic mass is 35.5. The van der Waals surface area contributed by atoms with Crippen LogP contribution in [0.1, 0.15) is 17.7 Å². The van der Waals surface area contributed by atoms with Crippen LogP contribution < -0.4 is 0 Å². The molecule has 0 aromatic heterocycles. The Morgan fingerprint density at radius 2 is 1.60 bits per heavy atom. The number of hydrogen-bond acceptors (Lipinski definition) is 2. The number of benzene rings is 2. The predicted molar refractivity (Wildman–Crippen MR) is 82.6 cm³/mol. The normalized spacial score (nSPS) is 13.5. The first-order valence-electron chi connectivity index (χ1n) is 6.23. The van der Waals surface area contributed by atoms with Crippen LogP contribution in [0.15, 0.2) is 71.6 Å². The van der Waals surface area contributed by atoms with E-state index >= 15 is 0 Å². The van der Waals surface area contributed by atoms with E-state index < -0.39 is 15.1 Å². The third-order valence-electron chi connectivity index (χ3n) is 2.97. The summed E-state index contributed by atoms with van der Waals surface area (Å²) in [5.41, 5.74) is 0.705. The van der Waals surface area contributed by atoms with Crippen LogP contribution in [0.2, 0.25) is 5.02 Å². The molecule has 2 nitrogen and oxygen atoms in total. The highest BCUT2D eigenvalue weighted by Gasteiger charge is 2.26. The van der Waals surface area contributed by atoms with E-state index in [9.17, 15) is 8.42 Å².